The average Bonchev–Trinajstić information content (AvgIpc) is 3.16. The second kappa shape index (κ2) is 6.44. The van der Waals surface area contributed by atoms with E-state index in [9.17, 15) is 0 Å². The quantitative estimate of drug-likeness (QED) is 0.785. The normalized spacial score (nSPS) is 21.2. The van der Waals surface area contributed by atoms with E-state index in [0.717, 1.165) is 29.4 Å². The predicted molar refractivity (Wildman–Crippen MR) is 93.2 cm³/mol. The fourth-order valence-corrected chi connectivity index (χ4v) is 4.87. The molecule has 0 N–H and O–H groups in total. The first-order chi connectivity index (χ1) is 11.2. The van der Waals surface area contributed by atoms with E-state index in [1.165, 1.54) is 28.2 Å². The maximum Gasteiger partial charge on any atom is 0.189 e. The highest BCUT2D eigenvalue weighted by atomic mass is 35.5. The van der Waals surface area contributed by atoms with Crippen LogP contribution in [0.4, 0.5) is 0 Å². The van der Waals surface area contributed by atoms with Gasteiger partial charge in [0.15, 0.2) is 6.79 Å². The lowest BCUT2D eigenvalue weighted by atomic mass is 10.1. The monoisotopic (exact) mass is 349 g/mol. The first-order valence-electron chi connectivity index (χ1n) is 8.03. The van der Waals surface area contributed by atoms with Crippen LogP contribution in [0.5, 0.6) is 5.75 Å². The van der Waals surface area contributed by atoms with Gasteiger partial charge >= 0.3 is 0 Å². The average molecular weight is 350 g/mol. The SMILES string of the molecule is Cc1ccc(C2CCCN2Cc2cc(Cl)cc3c2OCOC3)s1. The van der Waals surface area contributed by atoms with Crippen LogP contribution in [0, 0.1) is 6.92 Å². The third-order valence-electron chi connectivity index (χ3n) is 4.58. The molecule has 1 fully saturated rings. The van der Waals surface area contributed by atoms with Crippen molar-refractivity contribution in [1.29, 1.82) is 0 Å². The lowest BCUT2D eigenvalue weighted by molar-refractivity contribution is -0.0175. The Bertz CT molecular complexity index is 715. The van der Waals surface area contributed by atoms with Gasteiger partial charge in [0, 0.05) is 38.5 Å². The number of likely N-dealkylation sites (tertiary alicyclic amines) is 1. The topological polar surface area (TPSA) is 21.7 Å². The number of hydrogen-bond donors (Lipinski definition) is 0. The summed E-state index contributed by atoms with van der Waals surface area (Å²) in [4.78, 5) is 5.41. The molecular formula is C18H20ClNO2S. The summed E-state index contributed by atoms with van der Waals surface area (Å²) >= 11 is 8.21. The van der Waals surface area contributed by atoms with Gasteiger partial charge in [-0.1, -0.05) is 11.6 Å². The number of halogens is 1. The number of thiophene rings is 1. The third-order valence-corrected chi connectivity index (χ3v) is 5.90. The summed E-state index contributed by atoms with van der Waals surface area (Å²) in [7, 11) is 0. The van der Waals surface area contributed by atoms with Crippen molar-refractivity contribution in [3.05, 3.63) is 50.2 Å². The molecule has 1 aromatic heterocycles. The lowest BCUT2D eigenvalue weighted by Crippen LogP contribution is -2.23. The van der Waals surface area contributed by atoms with Gasteiger partial charge in [0.1, 0.15) is 5.75 Å². The zero-order chi connectivity index (χ0) is 15.8. The van der Waals surface area contributed by atoms with Crippen LogP contribution in [-0.4, -0.2) is 18.2 Å². The number of aryl methyl sites for hydroxylation is 1. The molecule has 5 heteroatoms. The molecule has 2 aliphatic heterocycles. The van der Waals surface area contributed by atoms with Gasteiger partial charge in [-0.2, -0.15) is 0 Å². The van der Waals surface area contributed by atoms with E-state index in [2.05, 4.69) is 24.0 Å². The molecule has 4 rings (SSSR count). The van der Waals surface area contributed by atoms with E-state index < -0.39 is 0 Å². The summed E-state index contributed by atoms with van der Waals surface area (Å²) in [5.41, 5.74) is 2.23. The van der Waals surface area contributed by atoms with Crippen molar-refractivity contribution in [2.45, 2.75) is 39.0 Å². The Hall–Kier alpha value is -1.07. The minimum Gasteiger partial charge on any atom is -0.467 e. The number of benzene rings is 1. The van der Waals surface area contributed by atoms with E-state index in [-0.39, 0.29) is 0 Å². The maximum atomic E-state index is 6.30. The summed E-state index contributed by atoms with van der Waals surface area (Å²) in [5.74, 6) is 0.966. The van der Waals surface area contributed by atoms with Gasteiger partial charge in [-0.3, -0.25) is 4.90 Å². The molecule has 0 aliphatic carbocycles. The van der Waals surface area contributed by atoms with Crippen LogP contribution in [0.1, 0.15) is 39.8 Å². The van der Waals surface area contributed by atoms with Crippen molar-refractivity contribution in [2.24, 2.45) is 0 Å². The minimum atomic E-state index is 0.329. The molecular weight excluding hydrogens is 330 g/mol. The molecule has 1 aromatic carbocycles. The molecule has 3 nitrogen and oxygen atoms in total. The van der Waals surface area contributed by atoms with Crippen molar-refractivity contribution >= 4 is 22.9 Å². The van der Waals surface area contributed by atoms with Gasteiger partial charge in [0.05, 0.1) is 6.61 Å². The highest BCUT2D eigenvalue weighted by Gasteiger charge is 2.28. The van der Waals surface area contributed by atoms with Gasteiger partial charge in [-0.05, 0) is 50.6 Å². The first-order valence-corrected chi connectivity index (χ1v) is 9.22. The van der Waals surface area contributed by atoms with Gasteiger partial charge in [-0.15, -0.1) is 11.3 Å². The molecule has 1 unspecified atom stereocenters. The van der Waals surface area contributed by atoms with Crippen LogP contribution in [0.2, 0.25) is 5.02 Å². The predicted octanol–water partition coefficient (Wildman–Crippen LogP) is 4.91. The summed E-state index contributed by atoms with van der Waals surface area (Å²) in [5, 5.41) is 0.760. The summed E-state index contributed by atoms with van der Waals surface area (Å²) in [6.07, 6.45) is 2.47. The molecule has 0 saturated carbocycles. The minimum absolute atomic E-state index is 0.329. The van der Waals surface area contributed by atoms with Crippen molar-refractivity contribution in [2.75, 3.05) is 13.3 Å². The Labute approximate surface area is 145 Å². The highest BCUT2D eigenvalue weighted by molar-refractivity contribution is 7.12. The van der Waals surface area contributed by atoms with Crippen molar-refractivity contribution < 1.29 is 9.47 Å². The Morgan fingerprint density at radius 2 is 2.26 bits per heavy atom. The van der Waals surface area contributed by atoms with E-state index >= 15 is 0 Å². The second-order valence-electron chi connectivity index (χ2n) is 6.24. The number of ether oxygens (including phenoxy) is 2. The molecule has 1 saturated heterocycles. The van der Waals surface area contributed by atoms with E-state index in [0.29, 0.717) is 19.4 Å². The molecule has 3 heterocycles. The summed E-state index contributed by atoms with van der Waals surface area (Å²) in [6, 6.07) is 9.01. The molecule has 2 aliphatic rings. The number of nitrogens with zero attached hydrogens (tertiary/aromatic N) is 1. The zero-order valence-corrected chi connectivity index (χ0v) is 14.8. The van der Waals surface area contributed by atoms with Gasteiger partial charge in [-0.25, -0.2) is 0 Å². The van der Waals surface area contributed by atoms with Gasteiger partial charge in [0.2, 0.25) is 0 Å². The number of hydrogen-bond acceptors (Lipinski definition) is 4. The number of rotatable bonds is 3. The summed E-state index contributed by atoms with van der Waals surface area (Å²) < 4.78 is 11.1. The van der Waals surface area contributed by atoms with Crippen LogP contribution in [0.3, 0.4) is 0 Å². The first kappa shape index (κ1) is 15.5. The fourth-order valence-electron chi connectivity index (χ4n) is 3.56. The largest absolute Gasteiger partial charge is 0.467 e. The van der Waals surface area contributed by atoms with Gasteiger partial charge in [0.25, 0.3) is 0 Å². The van der Waals surface area contributed by atoms with E-state index in [1.807, 2.05) is 23.5 Å². The Kier molecular flexibility index (Phi) is 4.33. The molecule has 23 heavy (non-hydrogen) atoms. The van der Waals surface area contributed by atoms with Crippen molar-refractivity contribution in [1.82, 2.24) is 4.90 Å². The van der Waals surface area contributed by atoms with Crippen LogP contribution in [-0.2, 0) is 17.9 Å². The van der Waals surface area contributed by atoms with Crippen molar-refractivity contribution in [3.8, 4) is 5.75 Å². The van der Waals surface area contributed by atoms with Crippen LogP contribution >= 0.6 is 22.9 Å². The number of fused-ring (bicyclic) bond motifs is 1. The zero-order valence-electron chi connectivity index (χ0n) is 13.2. The van der Waals surface area contributed by atoms with E-state index in [1.54, 1.807) is 0 Å². The lowest BCUT2D eigenvalue weighted by Gasteiger charge is -2.27. The molecule has 122 valence electrons. The highest BCUT2D eigenvalue weighted by Crippen LogP contribution is 2.39. The van der Waals surface area contributed by atoms with E-state index in [4.69, 9.17) is 21.1 Å². The molecule has 0 bridgehead atoms. The Morgan fingerprint density at radius 3 is 3.09 bits per heavy atom. The van der Waals surface area contributed by atoms with Gasteiger partial charge < -0.3 is 9.47 Å². The molecule has 0 amide bonds. The van der Waals surface area contributed by atoms with Crippen LogP contribution in [0.15, 0.2) is 24.3 Å². The Balaban J connectivity index is 1.61. The molecule has 1 atom stereocenters. The molecule has 0 radical (unpaired) electrons. The molecule has 0 spiro atoms. The van der Waals surface area contributed by atoms with Crippen LogP contribution < -0.4 is 4.74 Å². The summed E-state index contributed by atoms with van der Waals surface area (Å²) in [6.45, 7) is 5.09. The standard InChI is InChI=1S/C18H20ClNO2S/c1-12-4-5-17(23-12)16-3-2-6-20(16)9-13-7-15(19)8-14-10-21-11-22-18(13)14/h4-5,7-8,16H,2-3,6,9-11H2,1H3. The third kappa shape index (κ3) is 3.13. The smallest absolute Gasteiger partial charge is 0.189 e. The fraction of sp³-hybridized carbons (Fsp3) is 0.444. The van der Waals surface area contributed by atoms with Crippen LogP contribution in [0.25, 0.3) is 0 Å². The Morgan fingerprint density at radius 1 is 1.35 bits per heavy atom. The maximum absolute atomic E-state index is 6.30. The molecule has 2 aromatic rings. The second-order valence-corrected chi connectivity index (χ2v) is 8.00. The van der Waals surface area contributed by atoms with Crippen molar-refractivity contribution in [3.63, 3.8) is 0 Å².